The fourth-order valence-corrected chi connectivity index (χ4v) is 8.78. The van der Waals surface area contributed by atoms with Crippen molar-refractivity contribution in [3.05, 3.63) is 157 Å². The van der Waals surface area contributed by atoms with E-state index in [0.29, 0.717) is 11.1 Å². The van der Waals surface area contributed by atoms with Crippen LogP contribution in [-0.2, 0) is 0 Å². The number of nitriles is 2. The van der Waals surface area contributed by atoms with Gasteiger partial charge in [-0.15, -0.1) is 11.3 Å². The molecule has 10 rings (SSSR count). The van der Waals surface area contributed by atoms with Gasteiger partial charge in [-0.3, -0.25) is 0 Å². The van der Waals surface area contributed by atoms with E-state index in [1.807, 2.05) is 42.5 Å². The summed E-state index contributed by atoms with van der Waals surface area (Å²) < 4.78 is 6.97. The number of benzene rings is 7. The molecule has 49 heavy (non-hydrogen) atoms. The highest BCUT2D eigenvalue weighted by molar-refractivity contribution is 7.25. The Morgan fingerprint density at radius 2 is 0.857 bits per heavy atom. The van der Waals surface area contributed by atoms with E-state index in [-0.39, 0.29) is 0 Å². The quantitative estimate of drug-likeness (QED) is 0.193. The Balaban J connectivity index is 1.15. The minimum Gasteiger partial charge on any atom is -0.309 e. The zero-order valence-corrected chi connectivity index (χ0v) is 26.9. The van der Waals surface area contributed by atoms with Gasteiger partial charge in [-0.1, -0.05) is 84.9 Å². The lowest BCUT2D eigenvalue weighted by molar-refractivity contribution is 1.17. The first-order valence-corrected chi connectivity index (χ1v) is 17.0. The van der Waals surface area contributed by atoms with Gasteiger partial charge in [0.1, 0.15) is 0 Å². The summed E-state index contributed by atoms with van der Waals surface area (Å²) in [4.78, 5) is 0. The van der Waals surface area contributed by atoms with Crippen LogP contribution in [0.4, 0.5) is 0 Å². The molecule has 0 bridgehead atoms. The van der Waals surface area contributed by atoms with Crippen molar-refractivity contribution in [1.29, 1.82) is 10.5 Å². The van der Waals surface area contributed by atoms with Crippen LogP contribution >= 0.6 is 11.3 Å². The molecule has 5 heteroatoms. The molecule has 0 aliphatic heterocycles. The van der Waals surface area contributed by atoms with Gasteiger partial charge in [0.05, 0.1) is 45.3 Å². The molecule has 0 atom stereocenters. The van der Waals surface area contributed by atoms with Crippen molar-refractivity contribution < 1.29 is 0 Å². The number of fused-ring (bicyclic) bond motifs is 9. The minimum atomic E-state index is 0.521. The molecule has 0 amide bonds. The van der Waals surface area contributed by atoms with Crippen molar-refractivity contribution in [2.45, 2.75) is 0 Å². The predicted octanol–water partition coefficient (Wildman–Crippen LogP) is 11.7. The van der Waals surface area contributed by atoms with Crippen molar-refractivity contribution in [3.63, 3.8) is 0 Å². The van der Waals surface area contributed by atoms with Crippen LogP contribution in [0.2, 0.25) is 0 Å². The number of rotatable bonds is 3. The molecule has 0 aliphatic carbocycles. The SMILES string of the molecule is N#Cc1cc(-n2c3ccccc3c3ccccc32)ccc1-c1ccc(-n2c3ccccc3c3cc4c(cc32)sc2ccccc24)cc1C#N. The van der Waals surface area contributed by atoms with Crippen LogP contribution < -0.4 is 0 Å². The van der Waals surface area contributed by atoms with Crippen LogP contribution in [0.5, 0.6) is 0 Å². The van der Waals surface area contributed by atoms with Crippen molar-refractivity contribution in [2.75, 3.05) is 0 Å². The lowest BCUT2D eigenvalue weighted by Crippen LogP contribution is -1.98. The normalized spacial score (nSPS) is 11.6. The standard InChI is InChI=1S/C44H24N4S/c45-25-27-21-29(47-39-13-5-1-9-33(39)34-10-2-6-14-40(34)47)17-19-31(27)32-20-18-30(22-28(32)26-46)48-41-15-7-3-11-35(41)37-23-38-36-12-4-8-16-43(36)49-44(38)24-42(37)48/h1-24H. The summed E-state index contributed by atoms with van der Waals surface area (Å²) in [6.45, 7) is 0. The average molecular weight is 641 g/mol. The number of nitrogens with zero attached hydrogens (tertiary/aromatic N) is 4. The van der Waals surface area contributed by atoms with Gasteiger partial charge in [0, 0.05) is 64.2 Å². The summed E-state index contributed by atoms with van der Waals surface area (Å²) in [6.07, 6.45) is 0. The number of hydrogen-bond acceptors (Lipinski definition) is 3. The monoisotopic (exact) mass is 640 g/mol. The van der Waals surface area contributed by atoms with E-state index in [1.165, 1.54) is 41.7 Å². The summed E-state index contributed by atoms with van der Waals surface area (Å²) in [5, 5.41) is 28.2. The highest BCUT2D eigenvalue weighted by Crippen LogP contribution is 2.41. The molecule has 3 aromatic heterocycles. The van der Waals surface area contributed by atoms with E-state index in [9.17, 15) is 10.5 Å². The van der Waals surface area contributed by atoms with Gasteiger partial charge in [-0.25, -0.2) is 0 Å². The van der Waals surface area contributed by atoms with Crippen molar-refractivity contribution in [1.82, 2.24) is 9.13 Å². The van der Waals surface area contributed by atoms with E-state index >= 15 is 0 Å². The first-order valence-electron chi connectivity index (χ1n) is 16.1. The fraction of sp³-hybridized carbons (Fsp3) is 0. The molecule has 0 unspecified atom stereocenters. The third kappa shape index (κ3) is 3.95. The summed E-state index contributed by atoms with van der Waals surface area (Å²) in [5.41, 5.74) is 8.70. The Kier molecular flexibility index (Phi) is 5.84. The molecule has 0 saturated carbocycles. The van der Waals surface area contributed by atoms with Crippen molar-refractivity contribution in [2.24, 2.45) is 0 Å². The maximum Gasteiger partial charge on any atom is 0.0998 e. The molecule has 0 saturated heterocycles. The Labute approximate surface area is 285 Å². The molecule has 0 spiro atoms. The minimum absolute atomic E-state index is 0.521. The molecule has 0 fully saturated rings. The first-order chi connectivity index (χ1) is 24.2. The maximum atomic E-state index is 10.5. The highest BCUT2D eigenvalue weighted by atomic mass is 32.1. The highest BCUT2D eigenvalue weighted by Gasteiger charge is 2.19. The smallest absolute Gasteiger partial charge is 0.0998 e. The lowest BCUT2D eigenvalue weighted by Gasteiger charge is -2.14. The van der Waals surface area contributed by atoms with E-state index in [0.717, 1.165) is 44.6 Å². The van der Waals surface area contributed by atoms with E-state index in [1.54, 1.807) is 11.3 Å². The van der Waals surface area contributed by atoms with Gasteiger partial charge >= 0.3 is 0 Å². The van der Waals surface area contributed by atoms with Gasteiger partial charge in [-0.05, 0) is 60.7 Å². The van der Waals surface area contributed by atoms with Crippen LogP contribution in [0.3, 0.4) is 0 Å². The summed E-state index contributed by atoms with van der Waals surface area (Å²) in [5.74, 6) is 0. The van der Waals surface area contributed by atoms with Crippen LogP contribution in [0.25, 0.3) is 86.3 Å². The molecule has 7 aromatic carbocycles. The summed E-state index contributed by atoms with van der Waals surface area (Å²) in [6, 6.07) is 55.2. The number of aromatic nitrogens is 2. The number of para-hydroxylation sites is 3. The zero-order chi connectivity index (χ0) is 32.6. The fourth-order valence-electron chi connectivity index (χ4n) is 7.66. The molecular weight excluding hydrogens is 617 g/mol. The molecule has 3 heterocycles. The molecular formula is C44H24N4S. The second-order valence-corrected chi connectivity index (χ2v) is 13.5. The Bertz CT molecular complexity index is 3030. The molecule has 10 aromatic rings. The molecule has 0 aliphatic rings. The van der Waals surface area contributed by atoms with Gasteiger partial charge in [0.2, 0.25) is 0 Å². The van der Waals surface area contributed by atoms with Crippen LogP contribution in [-0.4, -0.2) is 9.13 Å². The largest absolute Gasteiger partial charge is 0.309 e. The van der Waals surface area contributed by atoms with Gasteiger partial charge in [0.25, 0.3) is 0 Å². The van der Waals surface area contributed by atoms with Crippen LogP contribution in [0.15, 0.2) is 146 Å². The molecule has 0 N–H and O–H groups in total. The lowest BCUT2D eigenvalue weighted by atomic mass is 9.95. The Hall–Kier alpha value is -6.66. The van der Waals surface area contributed by atoms with Gasteiger partial charge < -0.3 is 9.13 Å². The Morgan fingerprint density at radius 3 is 1.41 bits per heavy atom. The van der Waals surface area contributed by atoms with E-state index < -0.39 is 0 Å². The molecule has 0 radical (unpaired) electrons. The average Bonchev–Trinajstić information content (AvgIpc) is 3.80. The van der Waals surface area contributed by atoms with Crippen LogP contribution in [0, 0.1) is 22.7 Å². The second kappa shape index (κ2) is 10.4. The number of thiophene rings is 1. The van der Waals surface area contributed by atoms with Gasteiger partial charge in [-0.2, -0.15) is 10.5 Å². The third-order valence-corrected chi connectivity index (χ3v) is 10.9. The zero-order valence-electron chi connectivity index (χ0n) is 26.1. The van der Waals surface area contributed by atoms with E-state index in [4.69, 9.17) is 0 Å². The molecule has 4 nitrogen and oxygen atoms in total. The first kappa shape index (κ1) is 27.5. The van der Waals surface area contributed by atoms with Crippen LogP contribution in [0.1, 0.15) is 11.1 Å². The topological polar surface area (TPSA) is 57.4 Å². The van der Waals surface area contributed by atoms with E-state index in [2.05, 4.69) is 124 Å². The number of hydrogen-bond donors (Lipinski definition) is 0. The van der Waals surface area contributed by atoms with Crippen molar-refractivity contribution in [3.8, 4) is 34.6 Å². The second-order valence-electron chi connectivity index (χ2n) is 12.4. The third-order valence-electron chi connectivity index (χ3n) is 9.80. The van der Waals surface area contributed by atoms with Crippen molar-refractivity contribution >= 4 is 75.1 Å². The predicted molar refractivity (Wildman–Crippen MR) is 203 cm³/mol. The van der Waals surface area contributed by atoms with Gasteiger partial charge in [0.15, 0.2) is 0 Å². The Morgan fingerprint density at radius 1 is 0.388 bits per heavy atom. The summed E-state index contributed by atoms with van der Waals surface area (Å²) >= 11 is 1.80. The molecule has 226 valence electrons. The maximum absolute atomic E-state index is 10.5. The summed E-state index contributed by atoms with van der Waals surface area (Å²) in [7, 11) is 0.